The van der Waals surface area contributed by atoms with Crippen molar-refractivity contribution in [2.24, 2.45) is 0 Å². The van der Waals surface area contributed by atoms with E-state index in [1.165, 1.54) is 5.56 Å². The first-order valence-electron chi connectivity index (χ1n) is 4.00. The predicted molar refractivity (Wildman–Crippen MR) is 45.2 cm³/mol. The van der Waals surface area contributed by atoms with Crippen molar-refractivity contribution in [3.63, 3.8) is 0 Å². The van der Waals surface area contributed by atoms with Gasteiger partial charge in [0, 0.05) is 5.56 Å². The van der Waals surface area contributed by atoms with Crippen molar-refractivity contribution in [1.29, 1.82) is 0 Å². The van der Waals surface area contributed by atoms with Gasteiger partial charge in [0.2, 0.25) is 0 Å². The van der Waals surface area contributed by atoms with E-state index in [0.29, 0.717) is 6.61 Å². The first kappa shape index (κ1) is 7.50. The van der Waals surface area contributed by atoms with Gasteiger partial charge in [-0.2, -0.15) is 0 Å². The number of benzene rings is 1. The van der Waals surface area contributed by atoms with E-state index in [9.17, 15) is 4.79 Å². The zero-order chi connectivity index (χ0) is 8.55. The van der Waals surface area contributed by atoms with E-state index < -0.39 is 0 Å². The Morgan fingerprint density at radius 2 is 2.00 bits per heavy atom. The Labute approximate surface area is 71.2 Å². The van der Waals surface area contributed by atoms with Crippen LogP contribution in [0.4, 0.5) is 0 Å². The second-order valence-electron chi connectivity index (χ2n) is 3.05. The maximum Gasteiger partial charge on any atom is 0.193 e. The fraction of sp³-hybridized carbons (Fsp3) is 0.300. The second-order valence-corrected chi connectivity index (χ2v) is 3.05. The van der Waals surface area contributed by atoms with Crippen LogP contribution in [-0.4, -0.2) is 18.5 Å². The summed E-state index contributed by atoms with van der Waals surface area (Å²) in [6, 6.07) is 7.57. The van der Waals surface area contributed by atoms with Crippen LogP contribution >= 0.6 is 0 Å². The van der Waals surface area contributed by atoms with Crippen LogP contribution in [0, 0.1) is 6.92 Å². The lowest BCUT2D eigenvalue weighted by molar-refractivity contribution is 0.0953. The maximum absolute atomic E-state index is 11.4. The number of aryl methyl sites for hydroxylation is 1. The highest BCUT2D eigenvalue weighted by Crippen LogP contribution is 2.16. The van der Waals surface area contributed by atoms with Crippen molar-refractivity contribution in [2.45, 2.75) is 13.0 Å². The molecule has 0 amide bonds. The van der Waals surface area contributed by atoms with Crippen LogP contribution in [0.5, 0.6) is 0 Å². The molecule has 0 bridgehead atoms. The highest BCUT2D eigenvalue weighted by molar-refractivity contribution is 6.00. The van der Waals surface area contributed by atoms with E-state index in [4.69, 9.17) is 4.74 Å². The normalized spacial score (nSPS) is 20.6. The Morgan fingerprint density at radius 1 is 1.42 bits per heavy atom. The third kappa shape index (κ3) is 1.38. The van der Waals surface area contributed by atoms with Gasteiger partial charge in [0.15, 0.2) is 5.78 Å². The minimum Gasteiger partial charge on any atom is -0.364 e. The van der Waals surface area contributed by atoms with E-state index in [1.807, 2.05) is 31.2 Å². The Bertz CT molecular complexity index is 296. The van der Waals surface area contributed by atoms with Gasteiger partial charge in [0.1, 0.15) is 6.10 Å². The molecule has 1 aliphatic heterocycles. The van der Waals surface area contributed by atoms with Crippen molar-refractivity contribution >= 4 is 5.78 Å². The summed E-state index contributed by atoms with van der Waals surface area (Å²) in [4.78, 5) is 11.4. The maximum atomic E-state index is 11.4. The van der Waals surface area contributed by atoms with Crippen LogP contribution in [0.2, 0.25) is 0 Å². The van der Waals surface area contributed by atoms with Gasteiger partial charge in [0.25, 0.3) is 0 Å². The van der Waals surface area contributed by atoms with E-state index in [1.54, 1.807) is 0 Å². The predicted octanol–water partition coefficient (Wildman–Crippen LogP) is 1.58. The molecule has 2 heteroatoms. The molecule has 2 rings (SSSR count). The number of hydrogen-bond donors (Lipinski definition) is 0. The summed E-state index contributed by atoms with van der Waals surface area (Å²) in [5.41, 5.74) is 1.92. The van der Waals surface area contributed by atoms with Crippen LogP contribution < -0.4 is 0 Å². The molecule has 0 radical (unpaired) electrons. The fourth-order valence-corrected chi connectivity index (χ4v) is 1.10. The minimum absolute atomic E-state index is 0.106. The first-order valence-corrected chi connectivity index (χ1v) is 4.00. The van der Waals surface area contributed by atoms with Gasteiger partial charge in [-0.25, -0.2) is 0 Å². The van der Waals surface area contributed by atoms with Crippen LogP contribution in [0.25, 0.3) is 0 Å². The lowest BCUT2D eigenvalue weighted by Gasteiger charge is -1.96. The molecule has 0 saturated carbocycles. The third-order valence-electron chi connectivity index (χ3n) is 1.96. The van der Waals surface area contributed by atoms with E-state index in [0.717, 1.165) is 5.56 Å². The molecule has 0 aromatic heterocycles. The quantitative estimate of drug-likeness (QED) is 0.488. The number of rotatable bonds is 2. The molecule has 1 aliphatic rings. The molecule has 1 unspecified atom stereocenters. The average molecular weight is 162 g/mol. The fourth-order valence-electron chi connectivity index (χ4n) is 1.10. The smallest absolute Gasteiger partial charge is 0.193 e. The third-order valence-corrected chi connectivity index (χ3v) is 1.96. The van der Waals surface area contributed by atoms with Crippen molar-refractivity contribution in [3.8, 4) is 0 Å². The SMILES string of the molecule is Cc1ccc(C(=O)C2CO2)cc1. The molecule has 1 saturated heterocycles. The van der Waals surface area contributed by atoms with Gasteiger partial charge in [-0.3, -0.25) is 4.79 Å². The molecular weight excluding hydrogens is 152 g/mol. The summed E-state index contributed by atoms with van der Waals surface area (Å²) in [7, 11) is 0. The minimum atomic E-state index is -0.160. The van der Waals surface area contributed by atoms with E-state index in [-0.39, 0.29) is 11.9 Å². The van der Waals surface area contributed by atoms with Crippen LogP contribution in [0.3, 0.4) is 0 Å². The number of carbonyl (C=O) groups is 1. The summed E-state index contributed by atoms with van der Waals surface area (Å²) in [6.45, 7) is 2.59. The van der Waals surface area contributed by atoms with Crippen molar-refractivity contribution in [3.05, 3.63) is 35.4 Å². The Morgan fingerprint density at radius 3 is 2.50 bits per heavy atom. The second kappa shape index (κ2) is 2.72. The summed E-state index contributed by atoms with van der Waals surface area (Å²) < 4.78 is 4.91. The Balaban J connectivity index is 2.22. The highest BCUT2D eigenvalue weighted by Gasteiger charge is 2.31. The van der Waals surface area contributed by atoms with Gasteiger partial charge in [0.05, 0.1) is 6.61 Å². The zero-order valence-electron chi connectivity index (χ0n) is 6.91. The van der Waals surface area contributed by atoms with Crippen LogP contribution in [0.15, 0.2) is 24.3 Å². The van der Waals surface area contributed by atoms with Gasteiger partial charge in [-0.1, -0.05) is 29.8 Å². The summed E-state index contributed by atoms with van der Waals surface area (Å²) in [6.07, 6.45) is -0.160. The molecule has 1 atom stereocenters. The molecule has 62 valence electrons. The number of hydrogen-bond acceptors (Lipinski definition) is 2. The topological polar surface area (TPSA) is 29.6 Å². The van der Waals surface area contributed by atoms with E-state index >= 15 is 0 Å². The zero-order valence-corrected chi connectivity index (χ0v) is 6.91. The van der Waals surface area contributed by atoms with Crippen molar-refractivity contribution in [1.82, 2.24) is 0 Å². The molecule has 1 heterocycles. The molecule has 0 aliphatic carbocycles. The van der Waals surface area contributed by atoms with E-state index in [2.05, 4.69) is 0 Å². The summed E-state index contributed by atoms with van der Waals surface area (Å²) in [5.74, 6) is 0.106. The molecule has 0 N–H and O–H groups in total. The van der Waals surface area contributed by atoms with Crippen LogP contribution in [0.1, 0.15) is 15.9 Å². The molecule has 1 aromatic rings. The van der Waals surface area contributed by atoms with Gasteiger partial charge in [-0.15, -0.1) is 0 Å². The average Bonchev–Trinajstić information content (AvgIpc) is 2.87. The van der Waals surface area contributed by atoms with Gasteiger partial charge < -0.3 is 4.74 Å². The number of ketones is 1. The summed E-state index contributed by atoms with van der Waals surface area (Å²) >= 11 is 0. The molecule has 2 nitrogen and oxygen atoms in total. The number of Topliss-reactive ketones (excluding diaryl/α,β-unsaturated/α-hetero) is 1. The lowest BCUT2D eigenvalue weighted by Crippen LogP contribution is -2.06. The van der Waals surface area contributed by atoms with Gasteiger partial charge >= 0.3 is 0 Å². The molecular formula is C10H10O2. The molecule has 1 fully saturated rings. The van der Waals surface area contributed by atoms with Crippen molar-refractivity contribution < 1.29 is 9.53 Å². The number of epoxide rings is 1. The Kier molecular flexibility index (Phi) is 1.70. The largest absolute Gasteiger partial charge is 0.364 e. The number of carbonyl (C=O) groups excluding carboxylic acids is 1. The number of ether oxygens (including phenoxy) is 1. The lowest BCUT2D eigenvalue weighted by atomic mass is 10.1. The standard InChI is InChI=1S/C10H10O2/c1-7-2-4-8(5-3-7)10(11)9-6-12-9/h2-5,9H,6H2,1H3. The van der Waals surface area contributed by atoms with Crippen LogP contribution in [-0.2, 0) is 4.74 Å². The first-order chi connectivity index (χ1) is 5.77. The Hall–Kier alpha value is -1.15. The van der Waals surface area contributed by atoms with Crippen molar-refractivity contribution in [2.75, 3.05) is 6.61 Å². The highest BCUT2D eigenvalue weighted by atomic mass is 16.6. The molecule has 1 aromatic carbocycles. The molecule has 0 spiro atoms. The van der Waals surface area contributed by atoms with Gasteiger partial charge in [-0.05, 0) is 6.92 Å². The monoisotopic (exact) mass is 162 g/mol. The molecule has 12 heavy (non-hydrogen) atoms. The summed E-state index contributed by atoms with van der Waals surface area (Å²) in [5, 5.41) is 0.